The van der Waals surface area contributed by atoms with Crippen LogP contribution in [0.3, 0.4) is 0 Å². The second-order valence-corrected chi connectivity index (χ2v) is 4.57. The number of phenolic OH excluding ortho intramolecular Hbond substituents is 1. The molecule has 0 radical (unpaired) electrons. The first-order valence-electron chi connectivity index (χ1n) is 6.43. The van der Waals surface area contributed by atoms with E-state index < -0.39 is 0 Å². The first kappa shape index (κ1) is 12.4. The Hall–Kier alpha value is -1.06. The average molecular weight is 235 g/mol. The average Bonchev–Trinajstić information content (AvgIpc) is 2.38. The lowest BCUT2D eigenvalue weighted by Crippen LogP contribution is -2.37. The maximum Gasteiger partial charge on any atom is 0.120 e. The van der Waals surface area contributed by atoms with Crippen LogP contribution in [0.4, 0.5) is 0 Å². The Kier molecular flexibility index (Phi) is 4.40. The molecular weight excluding hydrogens is 214 g/mol. The van der Waals surface area contributed by atoms with Gasteiger partial charge in [0.2, 0.25) is 0 Å². The Morgan fingerprint density at radius 2 is 2.06 bits per heavy atom. The molecule has 1 unspecified atom stereocenters. The lowest BCUT2D eigenvalue weighted by molar-refractivity contribution is 0.0746. The normalized spacial score (nSPS) is 19.1. The van der Waals surface area contributed by atoms with E-state index in [1.807, 2.05) is 18.2 Å². The van der Waals surface area contributed by atoms with E-state index >= 15 is 0 Å². The highest BCUT2D eigenvalue weighted by Gasteiger charge is 2.19. The van der Waals surface area contributed by atoms with E-state index in [2.05, 4.69) is 12.2 Å². The van der Waals surface area contributed by atoms with Gasteiger partial charge in [0.05, 0.1) is 0 Å². The SMILES string of the molecule is CCC(NC1CCOCC1)c1ccccc1O. The molecule has 0 aliphatic carbocycles. The van der Waals surface area contributed by atoms with Crippen LogP contribution in [0.25, 0.3) is 0 Å². The second kappa shape index (κ2) is 6.03. The van der Waals surface area contributed by atoms with Crippen LogP contribution in [-0.2, 0) is 4.74 Å². The molecule has 0 bridgehead atoms. The van der Waals surface area contributed by atoms with Gasteiger partial charge in [-0.15, -0.1) is 0 Å². The second-order valence-electron chi connectivity index (χ2n) is 4.57. The van der Waals surface area contributed by atoms with Crippen molar-refractivity contribution < 1.29 is 9.84 Å². The zero-order chi connectivity index (χ0) is 12.1. The fourth-order valence-corrected chi connectivity index (χ4v) is 2.36. The summed E-state index contributed by atoms with van der Waals surface area (Å²) in [6.07, 6.45) is 3.10. The minimum absolute atomic E-state index is 0.235. The summed E-state index contributed by atoms with van der Waals surface area (Å²) in [5.41, 5.74) is 1.00. The Bertz CT molecular complexity index is 348. The third kappa shape index (κ3) is 3.20. The lowest BCUT2D eigenvalue weighted by atomic mass is 10.00. The van der Waals surface area contributed by atoms with Gasteiger partial charge < -0.3 is 15.2 Å². The van der Waals surface area contributed by atoms with E-state index in [4.69, 9.17) is 4.74 Å². The highest BCUT2D eigenvalue weighted by atomic mass is 16.5. The van der Waals surface area contributed by atoms with Crippen molar-refractivity contribution in [2.75, 3.05) is 13.2 Å². The number of para-hydroxylation sites is 1. The number of hydrogen-bond donors (Lipinski definition) is 2. The highest BCUT2D eigenvalue weighted by molar-refractivity contribution is 5.34. The summed E-state index contributed by atoms with van der Waals surface area (Å²) >= 11 is 0. The molecule has 0 amide bonds. The molecule has 2 rings (SSSR count). The third-order valence-electron chi connectivity index (χ3n) is 3.38. The van der Waals surface area contributed by atoms with Crippen molar-refractivity contribution in [2.45, 2.75) is 38.3 Å². The summed E-state index contributed by atoms with van der Waals surface area (Å²) in [7, 11) is 0. The molecule has 3 nitrogen and oxygen atoms in total. The van der Waals surface area contributed by atoms with Crippen molar-refractivity contribution in [1.82, 2.24) is 5.32 Å². The molecular formula is C14H21NO2. The molecule has 1 atom stereocenters. The first-order chi connectivity index (χ1) is 8.31. The lowest BCUT2D eigenvalue weighted by Gasteiger charge is -2.28. The molecule has 2 N–H and O–H groups in total. The first-order valence-corrected chi connectivity index (χ1v) is 6.43. The number of ether oxygens (including phenoxy) is 1. The molecule has 1 aliphatic heterocycles. The summed E-state index contributed by atoms with van der Waals surface area (Å²) in [5.74, 6) is 0.388. The van der Waals surface area contributed by atoms with Crippen LogP contribution in [0.5, 0.6) is 5.75 Å². The third-order valence-corrected chi connectivity index (χ3v) is 3.38. The molecule has 0 saturated carbocycles. The number of phenols is 1. The molecule has 1 aromatic rings. The van der Waals surface area contributed by atoms with Crippen molar-refractivity contribution >= 4 is 0 Å². The van der Waals surface area contributed by atoms with Crippen LogP contribution in [0, 0.1) is 0 Å². The Morgan fingerprint density at radius 3 is 2.71 bits per heavy atom. The van der Waals surface area contributed by atoms with E-state index in [1.165, 1.54) is 0 Å². The Balaban J connectivity index is 2.03. The number of hydrogen-bond acceptors (Lipinski definition) is 3. The molecule has 0 aromatic heterocycles. The molecule has 1 heterocycles. The van der Waals surface area contributed by atoms with E-state index in [-0.39, 0.29) is 6.04 Å². The van der Waals surface area contributed by atoms with Gasteiger partial charge in [0.15, 0.2) is 0 Å². The van der Waals surface area contributed by atoms with Gasteiger partial charge in [0.1, 0.15) is 5.75 Å². The Labute approximate surface area is 103 Å². The fraction of sp³-hybridized carbons (Fsp3) is 0.571. The van der Waals surface area contributed by atoms with Crippen LogP contribution in [0.15, 0.2) is 24.3 Å². The van der Waals surface area contributed by atoms with Crippen molar-refractivity contribution in [2.24, 2.45) is 0 Å². The predicted molar refractivity (Wildman–Crippen MR) is 68.1 cm³/mol. The van der Waals surface area contributed by atoms with E-state index in [0.29, 0.717) is 11.8 Å². The van der Waals surface area contributed by atoms with Crippen LogP contribution in [0.1, 0.15) is 37.8 Å². The largest absolute Gasteiger partial charge is 0.508 e. The zero-order valence-corrected chi connectivity index (χ0v) is 10.4. The number of aromatic hydroxyl groups is 1. The van der Waals surface area contributed by atoms with Crippen LogP contribution in [-0.4, -0.2) is 24.4 Å². The molecule has 1 aromatic carbocycles. The van der Waals surface area contributed by atoms with Crippen molar-refractivity contribution in [3.63, 3.8) is 0 Å². The van der Waals surface area contributed by atoms with Gasteiger partial charge in [0.25, 0.3) is 0 Å². The maximum atomic E-state index is 9.88. The van der Waals surface area contributed by atoms with Gasteiger partial charge in [-0.05, 0) is 25.3 Å². The fourth-order valence-electron chi connectivity index (χ4n) is 2.36. The van der Waals surface area contributed by atoms with Gasteiger partial charge in [-0.3, -0.25) is 0 Å². The van der Waals surface area contributed by atoms with E-state index in [0.717, 1.165) is 38.0 Å². The molecule has 1 saturated heterocycles. The standard InChI is InChI=1S/C14H21NO2/c1-2-13(12-5-3-4-6-14(12)16)15-11-7-9-17-10-8-11/h3-6,11,13,15-16H,2,7-10H2,1H3. The molecule has 1 aliphatic rings. The van der Waals surface area contributed by atoms with Gasteiger partial charge in [0, 0.05) is 30.9 Å². The maximum absolute atomic E-state index is 9.88. The predicted octanol–water partition coefficient (Wildman–Crippen LogP) is 2.61. The van der Waals surface area contributed by atoms with E-state index in [9.17, 15) is 5.11 Å². The Morgan fingerprint density at radius 1 is 1.35 bits per heavy atom. The summed E-state index contributed by atoms with van der Waals surface area (Å²) in [5, 5.41) is 13.5. The van der Waals surface area contributed by atoms with Crippen molar-refractivity contribution in [3.05, 3.63) is 29.8 Å². The summed E-state index contributed by atoms with van der Waals surface area (Å²) in [6.45, 7) is 3.83. The molecule has 3 heteroatoms. The molecule has 1 fully saturated rings. The smallest absolute Gasteiger partial charge is 0.120 e. The van der Waals surface area contributed by atoms with Gasteiger partial charge in [-0.25, -0.2) is 0 Å². The van der Waals surface area contributed by atoms with Gasteiger partial charge >= 0.3 is 0 Å². The summed E-state index contributed by atoms with van der Waals surface area (Å²) in [6, 6.07) is 8.33. The molecule has 94 valence electrons. The highest BCUT2D eigenvalue weighted by Crippen LogP contribution is 2.27. The monoisotopic (exact) mass is 235 g/mol. The quantitative estimate of drug-likeness (QED) is 0.843. The minimum atomic E-state index is 0.235. The number of rotatable bonds is 4. The minimum Gasteiger partial charge on any atom is -0.508 e. The van der Waals surface area contributed by atoms with Crippen LogP contribution < -0.4 is 5.32 Å². The molecule has 17 heavy (non-hydrogen) atoms. The van der Waals surface area contributed by atoms with Crippen LogP contribution >= 0.6 is 0 Å². The summed E-state index contributed by atoms with van der Waals surface area (Å²) in [4.78, 5) is 0. The van der Waals surface area contributed by atoms with Crippen LogP contribution in [0.2, 0.25) is 0 Å². The zero-order valence-electron chi connectivity index (χ0n) is 10.4. The van der Waals surface area contributed by atoms with Gasteiger partial charge in [-0.1, -0.05) is 25.1 Å². The van der Waals surface area contributed by atoms with Crippen molar-refractivity contribution in [3.8, 4) is 5.75 Å². The number of benzene rings is 1. The molecule has 0 spiro atoms. The topological polar surface area (TPSA) is 41.5 Å². The van der Waals surface area contributed by atoms with Crippen molar-refractivity contribution in [1.29, 1.82) is 0 Å². The summed E-state index contributed by atoms with van der Waals surface area (Å²) < 4.78 is 5.35. The van der Waals surface area contributed by atoms with Gasteiger partial charge in [-0.2, -0.15) is 0 Å². The number of nitrogens with one attached hydrogen (secondary N) is 1. The van der Waals surface area contributed by atoms with E-state index in [1.54, 1.807) is 6.07 Å².